The smallest absolute Gasteiger partial charge is 0.163 e. The predicted octanol–water partition coefficient (Wildman–Crippen LogP) is 0.0926. The first kappa shape index (κ1) is 19.2. The molecular weight excluding hydrogens is 296 g/mol. The standard InChI is InChI=1S/C13H12B5NO3.C2H6/c14-11(3-5-19-6-4-11)20-8-1-2-9-10(7-8)22-13(17,18)12(15,16)21-9;1-2/h1-2,7,19H,3-6H2;1-2H3. The van der Waals surface area contributed by atoms with Crippen molar-refractivity contribution in [2.45, 2.75) is 43.0 Å². The Hall–Kier alpha value is -1.10. The minimum absolute atomic E-state index is 0.298. The average Bonchev–Trinajstić information content (AvgIpc) is 2.50. The van der Waals surface area contributed by atoms with Crippen molar-refractivity contribution in [3.63, 3.8) is 0 Å². The van der Waals surface area contributed by atoms with E-state index in [4.69, 9.17) is 53.4 Å². The molecule has 116 valence electrons. The van der Waals surface area contributed by atoms with E-state index in [9.17, 15) is 0 Å². The maximum Gasteiger partial charge on any atom is 0.163 e. The molecule has 1 fully saturated rings. The first-order valence-electron chi connectivity index (χ1n) is 8.07. The Bertz CT molecular complexity index is 576. The van der Waals surface area contributed by atoms with E-state index in [1.807, 2.05) is 13.8 Å². The summed E-state index contributed by atoms with van der Waals surface area (Å²) in [6, 6.07) is 4.93. The molecule has 10 radical (unpaired) electrons. The van der Waals surface area contributed by atoms with Gasteiger partial charge in [-0.2, -0.15) is 0 Å². The fourth-order valence-corrected chi connectivity index (χ4v) is 2.43. The van der Waals surface area contributed by atoms with Gasteiger partial charge in [0.2, 0.25) is 0 Å². The zero-order valence-corrected chi connectivity index (χ0v) is 14.2. The van der Waals surface area contributed by atoms with Crippen LogP contribution in [-0.2, 0) is 0 Å². The van der Waals surface area contributed by atoms with Gasteiger partial charge in [-0.1, -0.05) is 13.8 Å². The molecule has 0 spiro atoms. The Morgan fingerprint density at radius 1 is 0.917 bits per heavy atom. The summed E-state index contributed by atoms with van der Waals surface area (Å²) in [5.74, 6) is 1.16. The molecule has 0 saturated carbocycles. The molecule has 0 aliphatic carbocycles. The highest BCUT2D eigenvalue weighted by molar-refractivity contribution is 6.53. The second-order valence-corrected chi connectivity index (χ2v) is 5.82. The molecule has 1 saturated heterocycles. The van der Waals surface area contributed by atoms with Gasteiger partial charge >= 0.3 is 0 Å². The lowest BCUT2D eigenvalue weighted by atomic mass is 9.41. The van der Waals surface area contributed by atoms with E-state index in [0.29, 0.717) is 30.1 Å². The zero-order chi connectivity index (χ0) is 18.0. The number of hydrogen-bond donors (Lipinski definition) is 1. The van der Waals surface area contributed by atoms with E-state index in [-0.39, 0.29) is 0 Å². The molecule has 0 bridgehead atoms. The highest BCUT2D eigenvalue weighted by Gasteiger charge is 2.43. The summed E-state index contributed by atoms with van der Waals surface area (Å²) in [4.78, 5) is 0. The molecule has 3 rings (SSSR count). The van der Waals surface area contributed by atoms with E-state index in [2.05, 4.69) is 5.32 Å². The van der Waals surface area contributed by atoms with Crippen molar-refractivity contribution in [3.8, 4) is 17.2 Å². The van der Waals surface area contributed by atoms with Crippen LogP contribution in [0.2, 0.25) is 0 Å². The topological polar surface area (TPSA) is 39.7 Å². The summed E-state index contributed by atoms with van der Waals surface area (Å²) in [5, 5.41) is -0.478. The van der Waals surface area contributed by atoms with Gasteiger partial charge < -0.3 is 19.5 Å². The van der Waals surface area contributed by atoms with Crippen molar-refractivity contribution in [3.05, 3.63) is 18.2 Å². The summed E-state index contributed by atoms with van der Waals surface area (Å²) in [7, 11) is 29.1. The van der Waals surface area contributed by atoms with E-state index in [0.717, 1.165) is 13.1 Å². The average molecular weight is 314 g/mol. The minimum Gasteiger partial charge on any atom is -0.501 e. The zero-order valence-electron chi connectivity index (χ0n) is 14.2. The molecule has 0 amide bonds. The molecule has 0 aromatic heterocycles. The third-order valence-electron chi connectivity index (χ3n) is 3.85. The first-order valence-corrected chi connectivity index (χ1v) is 8.07. The molecule has 1 aromatic rings. The fourth-order valence-electron chi connectivity index (χ4n) is 2.43. The number of fused-ring (bicyclic) bond motifs is 1. The van der Waals surface area contributed by atoms with Crippen molar-refractivity contribution >= 4 is 39.2 Å². The molecule has 9 heteroatoms. The number of nitrogens with one attached hydrogen (secondary N) is 1. The van der Waals surface area contributed by atoms with Gasteiger partial charge in [0.05, 0.1) is 5.50 Å². The van der Waals surface area contributed by atoms with Gasteiger partial charge in [-0.15, -0.1) is 0 Å². The van der Waals surface area contributed by atoms with Gasteiger partial charge in [-0.05, 0) is 38.1 Å². The highest BCUT2D eigenvalue weighted by Crippen LogP contribution is 2.41. The predicted molar refractivity (Wildman–Crippen MR) is 98.7 cm³/mol. The highest BCUT2D eigenvalue weighted by atomic mass is 16.6. The van der Waals surface area contributed by atoms with Crippen LogP contribution < -0.4 is 19.5 Å². The van der Waals surface area contributed by atoms with Crippen LogP contribution in [0.5, 0.6) is 17.2 Å². The van der Waals surface area contributed by atoms with Gasteiger partial charge in [0.15, 0.2) is 11.5 Å². The normalized spacial score (nSPS) is 22.6. The van der Waals surface area contributed by atoms with Crippen LogP contribution in [0.25, 0.3) is 0 Å². The van der Waals surface area contributed by atoms with Crippen LogP contribution in [0.15, 0.2) is 18.2 Å². The van der Waals surface area contributed by atoms with Crippen molar-refractivity contribution in [1.82, 2.24) is 5.32 Å². The number of benzene rings is 1. The molecule has 4 nitrogen and oxygen atoms in total. The quantitative estimate of drug-likeness (QED) is 0.786. The Morgan fingerprint density at radius 3 is 2.04 bits per heavy atom. The lowest BCUT2D eigenvalue weighted by Crippen LogP contribution is -2.65. The summed E-state index contributed by atoms with van der Waals surface area (Å²) in [6.45, 7) is 5.61. The molecule has 2 heterocycles. The van der Waals surface area contributed by atoms with Gasteiger partial charge in [-0.25, -0.2) is 0 Å². The molecule has 1 N–H and O–H groups in total. The third kappa shape index (κ3) is 3.93. The van der Waals surface area contributed by atoms with Gasteiger partial charge in [0.1, 0.15) is 45.0 Å². The third-order valence-corrected chi connectivity index (χ3v) is 3.85. The van der Waals surface area contributed by atoms with Crippen LogP contribution in [0.3, 0.4) is 0 Å². The second kappa shape index (κ2) is 7.03. The van der Waals surface area contributed by atoms with Gasteiger partial charge in [0.25, 0.3) is 0 Å². The monoisotopic (exact) mass is 315 g/mol. The van der Waals surface area contributed by atoms with E-state index in [1.54, 1.807) is 18.2 Å². The van der Waals surface area contributed by atoms with E-state index >= 15 is 0 Å². The van der Waals surface area contributed by atoms with Crippen molar-refractivity contribution in [1.29, 1.82) is 0 Å². The lowest BCUT2D eigenvalue weighted by molar-refractivity contribution is 0.0602. The van der Waals surface area contributed by atoms with Crippen LogP contribution in [0.4, 0.5) is 0 Å². The van der Waals surface area contributed by atoms with Gasteiger partial charge in [0, 0.05) is 16.9 Å². The maximum atomic E-state index is 6.24. The van der Waals surface area contributed by atoms with Crippen LogP contribution >= 0.6 is 0 Å². The second-order valence-electron chi connectivity index (χ2n) is 5.82. The fraction of sp³-hybridized carbons (Fsp3) is 0.600. The van der Waals surface area contributed by atoms with E-state index < -0.39 is 16.3 Å². The molecule has 0 unspecified atom stereocenters. The molecule has 1 aromatic carbocycles. The van der Waals surface area contributed by atoms with Crippen molar-refractivity contribution in [2.75, 3.05) is 13.1 Å². The van der Waals surface area contributed by atoms with Crippen molar-refractivity contribution < 1.29 is 14.2 Å². The Kier molecular flexibility index (Phi) is 5.63. The lowest BCUT2D eigenvalue weighted by Gasteiger charge is -2.48. The molecular formula is C15H18B5NO3. The molecule has 0 atom stereocenters. The number of ether oxygens (including phenoxy) is 3. The SMILES string of the molecule is CC.[B]C1(Oc2ccc3c(c2)OC([B])([B])C([B])([B])O3)CCNCC1. The van der Waals surface area contributed by atoms with Crippen LogP contribution in [0.1, 0.15) is 26.7 Å². The minimum atomic E-state index is -1.87. The van der Waals surface area contributed by atoms with Crippen LogP contribution in [0, 0.1) is 0 Å². The summed E-state index contributed by atoms with van der Waals surface area (Å²) in [6.07, 6.45) is 1.40. The summed E-state index contributed by atoms with van der Waals surface area (Å²) in [5.41, 5.74) is -0.719. The first-order chi connectivity index (χ1) is 11.2. The van der Waals surface area contributed by atoms with Gasteiger partial charge in [-0.3, -0.25) is 0 Å². The number of hydrogen-bond acceptors (Lipinski definition) is 4. The Morgan fingerprint density at radius 2 is 1.46 bits per heavy atom. The Labute approximate surface area is 150 Å². The molecule has 2 aliphatic heterocycles. The summed E-state index contributed by atoms with van der Waals surface area (Å²) < 4.78 is 16.7. The number of piperidine rings is 1. The van der Waals surface area contributed by atoms with Crippen molar-refractivity contribution in [2.24, 2.45) is 0 Å². The molecule has 2 aliphatic rings. The van der Waals surface area contributed by atoms with E-state index in [1.165, 1.54) is 0 Å². The van der Waals surface area contributed by atoms with Crippen LogP contribution in [-0.4, -0.2) is 68.6 Å². The maximum absolute atomic E-state index is 6.24. The Balaban J connectivity index is 0.00000100. The molecule has 24 heavy (non-hydrogen) atoms. The summed E-state index contributed by atoms with van der Waals surface area (Å²) >= 11 is 0. The largest absolute Gasteiger partial charge is 0.501 e. The number of rotatable bonds is 2.